The predicted octanol–water partition coefficient (Wildman–Crippen LogP) is 5.55. The van der Waals surface area contributed by atoms with Gasteiger partial charge in [-0.25, -0.2) is 13.6 Å². The van der Waals surface area contributed by atoms with Crippen LogP contribution in [0, 0.1) is 23.0 Å². The molecule has 136 valence electrons. The molecule has 0 spiro atoms. The molecule has 0 aliphatic heterocycles. The Hall–Kier alpha value is -3.26. The summed E-state index contributed by atoms with van der Waals surface area (Å²) in [5.74, 6) is -2.25. The zero-order chi connectivity index (χ0) is 19.4. The van der Waals surface area contributed by atoms with E-state index in [0.29, 0.717) is 5.56 Å². The number of ether oxygens (including phenoxy) is 1. The second kappa shape index (κ2) is 7.96. The van der Waals surface area contributed by atoms with Gasteiger partial charge in [0.2, 0.25) is 0 Å². The number of nitriles is 1. The van der Waals surface area contributed by atoms with Gasteiger partial charge >= 0.3 is 5.97 Å². The standard InChI is InChI=1S/C22H17F2NO2/c1-2-3-4-14-5-7-15(8-6-14)22(26)27-17-9-10-18-16(11-17)12-20(23)19(13-25)21(18)24/h5-12H,2-4H2,1H3. The van der Waals surface area contributed by atoms with Crippen LogP contribution in [0.2, 0.25) is 0 Å². The van der Waals surface area contributed by atoms with Gasteiger partial charge < -0.3 is 4.74 Å². The zero-order valence-electron chi connectivity index (χ0n) is 14.8. The van der Waals surface area contributed by atoms with Gasteiger partial charge in [-0.1, -0.05) is 25.5 Å². The van der Waals surface area contributed by atoms with Crippen molar-refractivity contribution in [2.45, 2.75) is 26.2 Å². The molecule has 0 saturated carbocycles. The zero-order valence-corrected chi connectivity index (χ0v) is 14.8. The maximum Gasteiger partial charge on any atom is 0.343 e. The Morgan fingerprint density at radius 1 is 1.11 bits per heavy atom. The Morgan fingerprint density at radius 3 is 2.52 bits per heavy atom. The summed E-state index contributed by atoms with van der Waals surface area (Å²) in [6.07, 6.45) is 3.14. The van der Waals surface area contributed by atoms with Crippen LogP contribution in [0.5, 0.6) is 5.75 Å². The molecule has 0 bridgehead atoms. The largest absolute Gasteiger partial charge is 0.423 e. The third-order valence-electron chi connectivity index (χ3n) is 4.33. The monoisotopic (exact) mass is 365 g/mol. The van der Waals surface area contributed by atoms with E-state index < -0.39 is 23.2 Å². The summed E-state index contributed by atoms with van der Waals surface area (Å²) < 4.78 is 33.3. The minimum Gasteiger partial charge on any atom is -0.423 e. The topological polar surface area (TPSA) is 50.1 Å². The lowest BCUT2D eigenvalue weighted by Gasteiger charge is -2.08. The van der Waals surface area contributed by atoms with Crippen LogP contribution in [-0.2, 0) is 6.42 Å². The van der Waals surface area contributed by atoms with Crippen molar-refractivity contribution in [1.29, 1.82) is 5.26 Å². The van der Waals surface area contributed by atoms with E-state index in [1.807, 2.05) is 12.1 Å². The van der Waals surface area contributed by atoms with Gasteiger partial charge in [0.15, 0.2) is 5.82 Å². The number of fused-ring (bicyclic) bond motifs is 1. The molecule has 27 heavy (non-hydrogen) atoms. The molecule has 0 N–H and O–H groups in total. The Kier molecular flexibility index (Phi) is 5.46. The normalized spacial score (nSPS) is 10.6. The van der Waals surface area contributed by atoms with Gasteiger partial charge in [0.25, 0.3) is 0 Å². The van der Waals surface area contributed by atoms with Crippen LogP contribution in [0.25, 0.3) is 10.8 Å². The number of benzene rings is 3. The number of hydrogen-bond acceptors (Lipinski definition) is 3. The van der Waals surface area contributed by atoms with Gasteiger partial charge in [0.1, 0.15) is 23.2 Å². The fourth-order valence-corrected chi connectivity index (χ4v) is 2.83. The van der Waals surface area contributed by atoms with Gasteiger partial charge in [-0.05, 0) is 60.2 Å². The van der Waals surface area contributed by atoms with E-state index in [-0.39, 0.29) is 16.5 Å². The fraction of sp³-hybridized carbons (Fsp3) is 0.182. The van der Waals surface area contributed by atoms with Crippen molar-refractivity contribution >= 4 is 16.7 Å². The summed E-state index contributed by atoms with van der Waals surface area (Å²) in [4.78, 5) is 12.3. The number of unbranched alkanes of at least 4 members (excludes halogenated alkanes) is 1. The van der Waals surface area contributed by atoms with Crippen LogP contribution in [0.3, 0.4) is 0 Å². The third kappa shape index (κ3) is 3.95. The van der Waals surface area contributed by atoms with Gasteiger partial charge in [-0.2, -0.15) is 5.26 Å². The number of carbonyl (C=O) groups is 1. The number of halogens is 2. The number of hydrogen-bond donors (Lipinski definition) is 0. The summed E-state index contributed by atoms with van der Waals surface area (Å²) in [5, 5.41) is 9.13. The molecule has 0 fully saturated rings. The summed E-state index contributed by atoms with van der Waals surface area (Å²) in [6.45, 7) is 2.12. The van der Waals surface area contributed by atoms with Crippen molar-refractivity contribution in [3.8, 4) is 11.8 Å². The molecule has 0 aromatic heterocycles. The number of aryl methyl sites for hydroxylation is 1. The van der Waals surface area contributed by atoms with Crippen molar-refractivity contribution in [2.24, 2.45) is 0 Å². The molecule has 3 nitrogen and oxygen atoms in total. The fourth-order valence-electron chi connectivity index (χ4n) is 2.83. The van der Waals surface area contributed by atoms with Gasteiger partial charge in [-0.15, -0.1) is 0 Å². The predicted molar refractivity (Wildman–Crippen MR) is 98.6 cm³/mol. The molecule has 0 aliphatic rings. The maximum absolute atomic E-state index is 14.1. The molecule has 5 heteroatoms. The Bertz CT molecular complexity index is 1040. The van der Waals surface area contributed by atoms with E-state index in [1.165, 1.54) is 24.3 Å². The Morgan fingerprint density at radius 2 is 1.85 bits per heavy atom. The Balaban J connectivity index is 1.82. The molecule has 0 heterocycles. The molecule has 0 radical (unpaired) electrons. The quantitative estimate of drug-likeness (QED) is 0.440. The molecular weight excluding hydrogens is 348 g/mol. The molecule has 0 unspecified atom stereocenters. The molecule has 0 saturated heterocycles. The average molecular weight is 365 g/mol. The summed E-state index contributed by atoms with van der Waals surface area (Å²) in [7, 11) is 0. The molecule has 3 aromatic rings. The van der Waals surface area contributed by atoms with Crippen LogP contribution in [0.15, 0.2) is 48.5 Å². The molecule has 0 amide bonds. The van der Waals surface area contributed by atoms with Crippen molar-refractivity contribution in [3.63, 3.8) is 0 Å². The highest BCUT2D eigenvalue weighted by molar-refractivity contribution is 5.92. The lowest BCUT2D eigenvalue weighted by atomic mass is 10.1. The van der Waals surface area contributed by atoms with E-state index in [4.69, 9.17) is 10.00 Å². The lowest BCUT2D eigenvalue weighted by Crippen LogP contribution is -2.08. The van der Waals surface area contributed by atoms with E-state index >= 15 is 0 Å². The number of nitrogens with zero attached hydrogens (tertiary/aromatic N) is 1. The van der Waals surface area contributed by atoms with E-state index in [9.17, 15) is 13.6 Å². The average Bonchev–Trinajstić information content (AvgIpc) is 2.67. The summed E-state index contributed by atoms with van der Waals surface area (Å²) in [5.41, 5.74) is 0.918. The minimum absolute atomic E-state index is 0.0908. The van der Waals surface area contributed by atoms with E-state index in [1.54, 1.807) is 12.1 Å². The first-order chi connectivity index (χ1) is 13.0. The van der Waals surface area contributed by atoms with Crippen molar-refractivity contribution < 1.29 is 18.3 Å². The van der Waals surface area contributed by atoms with Gasteiger partial charge in [-0.3, -0.25) is 0 Å². The van der Waals surface area contributed by atoms with Crippen molar-refractivity contribution in [3.05, 3.63) is 76.9 Å². The minimum atomic E-state index is -0.950. The highest BCUT2D eigenvalue weighted by atomic mass is 19.1. The molecule has 0 atom stereocenters. The molecule has 3 rings (SSSR count). The van der Waals surface area contributed by atoms with E-state index in [0.717, 1.165) is 30.9 Å². The van der Waals surface area contributed by atoms with Crippen LogP contribution in [0.1, 0.15) is 41.3 Å². The molecule has 0 aliphatic carbocycles. The van der Waals surface area contributed by atoms with E-state index in [2.05, 4.69) is 6.92 Å². The number of carbonyl (C=O) groups excluding carboxylic acids is 1. The van der Waals surface area contributed by atoms with Crippen LogP contribution in [0.4, 0.5) is 8.78 Å². The molecule has 3 aromatic carbocycles. The third-order valence-corrected chi connectivity index (χ3v) is 4.33. The maximum atomic E-state index is 14.1. The van der Waals surface area contributed by atoms with Gasteiger partial charge in [0.05, 0.1) is 5.56 Å². The summed E-state index contributed by atoms with van der Waals surface area (Å²) >= 11 is 0. The first kappa shape index (κ1) is 18.5. The highest BCUT2D eigenvalue weighted by Crippen LogP contribution is 2.27. The van der Waals surface area contributed by atoms with Crippen LogP contribution >= 0.6 is 0 Å². The highest BCUT2D eigenvalue weighted by Gasteiger charge is 2.15. The van der Waals surface area contributed by atoms with Crippen molar-refractivity contribution in [2.75, 3.05) is 0 Å². The SMILES string of the molecule is CCCCc1ccc(C(=O)Oc2ccc3c(F)c(C#N)c(F)cc3c2)cc1. The Labute approximate surface area is 155 Å². The lowest BCUT2D eigenvalue weighted by molar-refractivity contribution is 0.0735. The summed E-state index contributed by atoms with van der Waals surface area (Å²) in [6, 6.07) is 13.9. The molecular formula is C22H17F2NO2. The smallest absolute Gasteiger partial charge is 0.343 e. The van der Waals surface area contributed by atoms with Crippen LogP contribution < -0.4 is 4.74 Å². The first-order valence-electron chi connectivity index (χ1n) is 8.66. The number of esters is 1. The second-order valence-electron chi connectivity index (χ2n) is 6.23. The van der Waals surface area contributed by atoms with Crippen molar-refractivity contribution in [1.82, 2.24) is 0 Å². The number of rotatable bonds is 5. The van der Waals surface area contributed by atoms with Gasteiger partial charge in [0, 0.05) is 5.39 Å². The van der Waals surface area contributed by atoms with Crippen LogP contribution in [-0.4, -0.2) is 5.97 Å². The second-order valence-corrected chi connectivity index (χ2v) is 6.23. The first-order valence-corrected chi connectivity index (χ1v) is 8.66.